The average Bonchev–Trinajstić information content (AvgIpc) is 2.93. The highest BCUT2D eigenvalue weighted by Crippen LogP contribution is 2.30. The fourth-order valence-electron chi connectivity index (χ4n) is 2.25. The Hall–Kier alpha value is -2.01. The number of carbonyl (C=O) groups is 1. The monoisotopic (exact) mass is 243 g/mol. The van der Waals surface area contributed by atoms with Gasteiger partial charge in [0.25, 0.3) is 0 Å². The molecule has 1 aliphatic rings. The van der Waals surface area contributed by atoms with Gasteiger partial charge in [0.1, 0.15) is 5.69 Å². The van der Waals surface area contributed by atoms with Gasteiger partial charge in [-0.15, -0.1) is 0 Å². The number of aromatic amines is 1. The maximum Gasteiger partial charge on any atom is 0.187 e. The third-order valence-electron chi connectivity index (χ3n) is 3.16. The molecule has 0 saturated heterocycles. The first-order valence-electron chi connectivity index (χ1n) is 5.93. The number of benzene rings is 1. The van der Waals surface area contributed by atoms with Crippen LogP contribution in [0.4, 0.5) is 0 Å². The van der Waals surface area contributed by atoms with Crippen LogP contribution in [-0.2, 0) is 11.2 Å². The Labute approximate surface area is 104 Å². The summed E-state index contributed by atoms with van der Waals surface area (Å²) in [5.74, 6) is -0.0505. The van der Waals surface area contributed by atoms with Gasteiger partial charge in [-0.05, 0) is 17.5 Å². The summed E-state index contributed by atoms with van der Waals surface area (Å²) < 4.78 is 5.69. The highest BCUT2D eigenvalue weighted by molar-refractivity contribution is 5.94. The highest BCUT2D eigenvalue weighted by atomic mass is 16.5. The molecule has 0 aliphatic carbocycles. The maximum absolute atomic E-state index is 12.0. The molecule has 1 aromatic carbocycles. The van der Waals surface area contributed by atoms with Crippen molar-refractivity contribution in [3.05, 3.63) is 47.3 Å². The second-order valence-electron chi connectivity index (χ2n) is 4.29. The predicted octanol–water partition coefficient (Wildman–Crippen LogP) is 1.69. The maximum atomic E-state index is 12.0. The lowest BCUT2D eigenvalue weighted by atomic mass is 9.94. The van der Waals surface area contributed by atoms with Gasteiger partial charge in [-0.25, -0.2) is 0 Å². The number of Topliss-reactive ketones (excluding diaryl/α,β-unsaturated/α-hetero) is 1. The molecule has 5 heteroatoms. The summed E-state index contributed by atoms with van der Waals surface area (Å²) in [5.41, 5.74) is 2.74. The molecule has 5 nitrogen and oxygen atoms in total. The Morgan fingerprint density at radius 2 is 2.33 bits per heavy atom. The third-order valence-corrected chi connectivity index (χ3v) is 3.16. The Morgan fingerprint density at radius 1 is 1.44 bits per heavy atom. The Kier molecular flexibility index (Phi) is 2.90. The van der Waals surface area contributed by atoms with Crippen LogP contribution in [0, 0.1) is 0 Å². The van der Waals surface area contributed by atoms with Gasteiger partial charge in [0.2, 0.25) is 0 Å². The van der Waals surface area contributed by atoms with Gasteiger partial charge >= 0.3 is 0 Å². The highest BCUT2D eigenvalue weighted by Gasteiger charge is 2.24. The number of rotatable bonds is 3. The molecule has 0 fully saturated rings. The normalized spacial score (nSPS) is 18.3. The first-order valence-corrected chi connectivity index (χ1v) is 5.93. The molecule has 0 spiro atoms. The number of nitrogens with zero attached hydrogens (tertiary/aromatic N) is 2. The van der Waals surface area contributed by atoms with E-state index in [1.165, 1.54) is 11.8 Å². The van der Waals surface area contributed by atoms with Gasteiger partial charge in [-0.2, -0.15) is 15.4 Å². The topological polar surface area (TPSA) is 67.9 Å². The molecule has 92 valence electrons. The molecule has 0 radical (unpaired) electrons. The van der Waals surface area contributed by atoms with Crippen molar-refractivity contribution < 1.29 is 9.53 Å². The molecular formula is C13H13N3O2. The fraction of sp³-hybridized carbons (Fsp3) is 0.308. The van der Waals surface area contributed by atoms with Crippen molar-refractivity contribution in [1.29, 1.82) is 0 Å². The van der Waals surface area contributed by atoms with Crippen LogP contribution in [0.1, 0.15) is 34.1 Å². The zero-order valence-corrected chi connectivity index (χ0v) is 9.80. The van der Waals surface area contributed by atoms with Crippen molar-refractivity contribution in [2.45, 2.75) is 18.9 Å². The van der Waals surface area contributed by atoms with Crippen LogP contribution in [-0.4, -0.2) is 27.8 Å². The van der Waals surface area contributed by atoms with Crippen molar-refractivity contribution >= 4 is 5.78 Å². The number of nitrogens with one attached hydrogen (secondary N) is 1. The lowest BCUT2D eigenvalue weighted by Gasteiger charge is -2.25. The molecule has 3 rings (SSSR count). The Balaban J connectivity index is 1.80. The van der Waals surface area contributed by atoms with Crippen LogP contribution in [0.5, 0.6) is 0 Å². The lowest BCUT2D eigenvalue weighted by molar-refractivity contribution is 0.0350. The van der Waals surface area contributed by atoms with Gasteiger partial charge in [0.05, 0.1) is 18.9 Å². The Bertz CT molecular complexity index is 551. The minimum Gasteiger partial charge on any atom is -0.373 e. The molecule has 0 amide bonds. The van der Waals surface area contributed by atoms with E-state index >= 15 is 0 Å². The van der Waals surface area contributed by atoms with Crippen molar-refractivity contribution in [1.82, 2.24) is 15.4 Å². The quantitative estimate of drug-likeness (QED) is 0.833. The molecule has 1 unspecified atom stereocenters. The number of aromatic nitrogens is 3. The minimum atomic E-state index is -0.167. The zero-order valence-electron chi connectivity index (χ0n) is 9.80. The third kappa shape index (κ3) is 2.04. The second kappa shape index (κ2) is 4.70. The summed E-state index contributed by atoms with van der Waals surface area (Å²) in [4.78, 5) is 12.0. The van der Waals surface area contributed by atoms with E-state index in [1.54, 1.807) is 0 Å². The van der Waals surface area contributed by atoms with E-state index in [2.05, 4.69) is 21.5 Å². The van der Waals surface area contributed by atoms with Gasteiger partial charge in [-0.1, -0.05) is 24.3 Å². The molecule has 0 saturated carbocycles. The molecule has 1 atom stereocenters. The molecule has 0 bridgehead atoms. The van der Waals surface area contributed by atoms with E-state index in [0.29, 0.717) is 18.7 Å². The van der Waals surface area contributed by atoms with Crippen LogP contribution in [0.2, 0.25) is 0 Å². The van der Waals surface area contributed by atoms with Gasteiger partial charge < -0.3 is 4.74 Å². The summed E-state index contributed by atoms with van der Waals surface area (Å²) in [6, 6.07) is 8.10. The van der Waals surface area contributed by atoms with Crippen LogP contribution in [0.3, 0.4) is 0 Å². The standard InChI is InChI=1S/C13H13N3O2/c17-12(11-8-14-16-15-11)7-13-10-4-2-1-3-9(10)5-6-18-13/h1-4,8,13H,5-7H2,(H,14,15,16). The summed E-state index contributed by atoms with van der Waals surface area (Å²) in [7, 11) is 0. The molecule has 18 heavy (non-hydrogen) atoms. The second-order valence-corrected chi connectivity index (χ2v) is 4.29. The Morgan fingerprint density at radius 3 is 3.17 bits per heavy atom. The van der Waals surface area contributed by atoms with E-state index in [9.17, 15) is 4.79 Å². The SMILES string of the molecule is O=C(CC1OCCc2ccccc21)c1cn[nH]n1. The summed E-state index contributed by atoms with van der Waals surface area (Å²) in [5, 5.41) is 9.88. The first-order chi connectivity index (χ1) is 8.84. The number of hydrogen-bond donors (Lipinski definition) is 1. The largest absolute Gasteiger partial charge is 0.373 e. The fourth-order valence-corrected chi connectivity index (χ4v) is 2.25. The average molecular weight is 243 g/mol. The predicted molar refractivity (Wildman–Crippen MR) is 64.2 cm³/mol. The molecule has 1 N–H and O–H groups in total. The van der Waals surface area contributed by atoms with Crippen LogP contribution in [0.15, 0.2) is 30.5 Å². The molecule has 2 heterocycles. The van der Waals surface area contributed by atoms with Crippen molar-refractivity contribution in [3.8, 4) is 0 Å². The van der Waals surface area contributed by atoms with Crippen molar-refractivity contribution in [2.75, 3.05) is 6.61 Å². The number of fused-ring (bicyclic) bond motifs is 1. The molecule has 2 aromatic rings. The van der Waals surface area contributed by atoms with E-state index in [1.807, 2.05) is 18.2 Å². The molecule has 1 aromatic heterocycles. The van der Waals surface area contributed by atoms with Gasteiger partial charge in [0, 0.05) is 6.42 Å². The minimum absolute atomic E-state index is 0.0505. The van der Waals surface area contributed by atoms with Crippen LogP contribution < -0.4 is 0 Å². The smallest absolute Gasteiger partial charge is 0.187 e. The molecule has 1 aliphatic heterocycles. The number of ether oxygens (including phenoxy) is 1. The number of ketones is 1. The van der Waals surface area contributed by atoms with E-state index in [4.69, 9.17) is 4.74 Å². The number of H-pyrrole nitrogens is 1. The van der Waals surface area contributed by atoms with E-state index < -0.39 is 0 Å². The van der Waals surface area contributed by atoms with Gasteiger partial charge in [-0.3, -0.25) is 4.79 Å². The van der Waals surface area contributed by atoms with E-state index in [0.717, 1.165) is 12.0 Å². The van der Waals surface area contributed by atoms with Crippen molar-refractivity contribution in [2.24, 2.45) is 0 Å². The zero-order chi connectivity index (χ0) is 12.4. The number of hydrogen-bond acceptors (Lipinski definition) is 4. The van der Waals surface area contributed by atoms with Crippen LogP contribution >= 0.6 is 0 Å². The summed E-state index contributed by atoms with van der Waals surface area (Å²) in [6.45, 7) is 0.660. The number of carbonyl (C=O) groups excluding carboxylic acids is 1. The molecular weight excluding hydrogens is 230 g/mol. The van der Waals surface area contributed by atoms with Crippen molar-refractivity contribution in [3.63, 3.8) is 0 Å². The first kappa shape index (κ1) is 11.1. The van der Waals surface area contributed by atoms with Crippen LogP contribution in [0.25, 0.3) is 0 Å². The summed E-state index contributed by atoms with van der Waals surface area (Å²) >= 11 is 0. The van der Waals surface area contributed by atoms with Gasteiger partial charge in [0.15, 0.2) is 5.78 Å². The lowest BCUT2D eigenvalue weighted by Crippen LogP contribution is -2.19. The van der Waals surface area contributed by atoms with E-state index in [-0.39, 0.29) is 11.9 Å². The summed E-state index contributed by atoms with van der Waals surface area (Å²) in [6.07, 6.45) is 2.49.